The van der Waals surface area contributed by atoms with Gasteiger partial charge in [0.1, 0.15) is 0 Å². The summed E-state index contributed by atoms with van der Waals surface area (Å²) < 4.78 is 5.90. The van der Waals surface area contributed by atoms with Crippen molar-refractivity contribution in [3.8, 4) is 0 Å². The minimum absolute atomic E-state index is 0. The molecule has 188 valence electrons. The zero-order valence-corrected chi connectivity index (χ0v) is 21.5. The van der Waals surface area contributed by atoms with Gasteiger partial charge in [-0.25, -0.2) is 0 Å². The summed E-state index contributed by atoms with van der Waals surface area (Å²) in [6.07, 6.45) is 12.0. The number of nitrogens with zero attached hydrogens (tertiary/aromatic N) is 1. The fourth-order valence-corrected chi connectivity index (χ4v) is 5.47. The van der Waals surface area contributed by atoms with Crippen molar-refractivity contribution in [3.05, 3.63) is 48.0 Å². The van der Waals surface area contributed by atoms with Crippen LogP contribution in [0.4, 0.5) is 0 Å². The van der Waals surface area contributed by atoms with Crippen molar-refractivity contribution in [3.63, 3.8) is 0 Å². The molecule has 2 aromatic rings. The van der Waals surface area contributed by atoms with Crippen molar-refractivity contribution in [1.29, 1.82) is 0 Å². The molecule has 4 nitrogen and oxygen atoms in total. The third-order valence-electron chi connectivity index (χ3n) is 7.59. The maximum absolute atomic E-state index is 12.9. The van der Waals surface area contributed by atoms with Crippen LogP contribution >= 0.6 is 12.4 Å². The summed E-state index contributed by atoms with van der Waals surface area (Å²) in [6, 6.07) is 14.6. The lowest BCUT2D eigenvalue weighted by molar-refractivity contribution is -0.131. The number of unbranched alkanes of at least 4 members (excludes halogenated alkanes) is 1. The van der Waals surface area contributed by atoms with E-state index in [1.165, 1.54) is 49.3 Å². The van der Waals surface area contributed by atoms with Crippen LogP contribution in [0.25, 0.3) is 10.8 Å². The maximum atomic E-state index is 12.9. The van der Waals surface area contributed by atoms with Gasteiger partial charge in [0.25, 0.3) is 0 Å². The fourth-order valence-electron chi connectivity index (χ4n) is 5.47. The molecule has 2 fully saturated rings. The highest BCUT2D eigenvalue weighted by atomic mass is 35.5. The SMILES string of the molecule is Cl.O=C(Cc1cccc2ccccc12)N1CCC(CNCCCCOCC2CCCCC2)CC1. The van der Waals surface area contributed by atoms with Gasteiger partial charge in [-0.2, -0.15) is 0 Å². The van der Waals surface area contributed by atoms with Gasteiger partial charge in [-0.1, -0.05) is 61.7 Å². The summed E-state index contributed by atoms with van der Waals surface area (Å²) >= 11 is 0. The Morgan fingerprint density at radius 1 is 0.912 bits per heavy atom. The van der Waals surface area contributed by atoms with Gasteiger partial charge in [-0.15, -0.1) is 12.4 Å². The largest absolute Gasteiger partial charge is 0.381 e. The molecule has 2 aromatic carbocycles. The molecule has 1 saturated carbocycles. The van der Waals surface area contributed by atoms with Crippen LogP contribution in [0.5, 0.6) is 0 Å². The number of rotatable bonds is 11. The first-order valence-electron chi connectivity index (χ1n) is 13.3. The first-order valence-corrected chi connectivity index (χ1v) is 13.3. The number of carbonyl (C=O) groups excluding carboxylic acids is 1. The Kier molecular flexibility index (Phi) is 11.7. The van der Waals surface area contributed by atoms with Gasteiger partial charge in [-0.05, 0) is 79.8 Å². The average Bonchev–Trinajstić information content (AvgIpc) is 2.87. The third-order valence-corrected chi connectivity index (χ3v) is 7.59. The van der Waals surface area contributed by atoms with E-state index in [4.69, 9.17) is 4.74 Å². The number of ether oxygens (including phenoxy) is 1. The molecule has 1 amide bonds. The zero-order valence-electron chi connectivity index (χ0n) is 20.7. The number of halogens is 1. The molecule has 5 heteroatoms. The topological polar surface area (TPSA) is 41.6 Å². The molecule has 0 radical (unpaired) electrons. The van der Waals surface area contributed by atoms with Crippen LogP contribution in [0.3, 0.4) is 0 Å². The van der Waals surface area contributed by atoms with E-state index in [1.54, 1.807) is 0 Å². The second kappa shape index (κ2) is 14.7. The second-order valence-corrected chi connectivity index (χ2v) is 10.1. The molecule has 2 aliphatic rings. The lowest BCUT2D eigenvalue weighted by Gasteiger charge is -2.32. The minimum Gasteiger partial charge on any atom is -0.381 e. The number of fused-ring (bicyclic) bond motifs is 1. The molecule has 0 aromatic heterocycles. The van der Waals surface area contributed by atoms with Crippen LogP contribution in [0.1, 0.15) is 63.4 Å². The number of carbonyl (C=O) groups is 1. The quantitative estimate of drug-likeness (QED) is 0.395. The van der Waals surface area contributed by atoms with E-state index in [1.807, 2.05) is 0 Å². The first kappa shape index (κ1) is 27.0. The Morgan fingerprint density at radius 2 is 1.68 bits per heavy atom. The Bertz CT molecular complexity index is 855. The van der Waals surface area contributed by atoms with Crippen molar-refractivity contribution < 1.29 is 9.53 Å². The van der Waals surface area contributed by atoms with E-state index in [-0.39, 0.29) is 18.3 Å². The number of nitrogens with one attached hydrogen (secondary N) is 1. The normalized spacial score (nSPS) is 17.6. The summed E-state index contributed by atoms with van der Waals surface area (Å²) in [7, 11) is 0. The molecule has 4 rings (SSSR count). The highest BCUT2D eigenvalue weighted by Crippen LogP contribution is 2.24. The molecule has 1 heterocycles. The summed E-state index contributed by atoms with van der Waals surface area (Å²) in [6.45, 7) is 5.83. The van der Waals surface area contributed by atoms with E-state index in [2.05, 4.69) is 52.7 Å². The lowest BCUT2D eigenvalue weighted by atomic mass is 9.90. The van der Waals surface area contributed by atoms with Gasteiger partial charge in [0, 0.05) is 26.3 Å². The Balaban J connectivity index is 0.00000324. The predicted octanol–water partition coefficient (Wildman–Crippen LogP) is 6.01. The maximum Gasteiger partial charge on any atom is 0.227 e. The highest BCUT2D eigenvalue weighted by molar-refractivity contribution is 5.90. The Morgan fingerprint density at radius 3 is 2.50 bits per heavy atom. The molecule has 1 aliphatic carbocycles. The Hall–Kier alpha value is -1.62. The van der Waals surface area contributed by atoms with Crippen LogP contribution in [0.2, 0.25) is 0 Å². The van der Waals surface area contributed by atoms with Crippen molar-refractivity contribution in [2.45, 2.75) is 64.2 Å². The summed E-state index contributed by atoms with van der Waals surface area (Å²) in [4.78, 5) is 15.0. The minimum atomic E-state index is 0. The summed E-state index contributed by atoms with van der Waals surface area (Å²) in [5.41, 5.74) is 1.14. The molecular formula is C29H43ClN2O2. The van der Waals surface area contributed by atoms with Crippen LogP contribution in [0, 0.1) is 11.8 Å². The molecule has 1 N–H and O–H groups in total. The number of likely N-dealkylation sites (tertiary alicyclic amines) is 1. The van der Waals surface area contributed by atoms with Gasteiger partial charge < -0.3 is 15.0 Å². The van der Waals surface area contributed by atoms with E-state index in [9.17, 15) is 4.79 Å². The van der Waals surface area contributed by atoms with Crippen LogP contribution < -0.4 is 5.32 Å². The van der Waals surface area contributed by atoms with Gasteiger partial charge in [0.2, 0.25) is 5.91 Å². The average molecular weight is 487 g/mol. The number of hydrogen-bond donors (Lipinski definition) is 1. The molecule has 0 spiro atoms. The van der Waals surface area contributed by atoms with E-state index in [0.29, 0.717) is 12.3 Å². The van der Waals surface area contributed by atoms with Gasteiger partial charge >= 0.3 is 0 Å². The molecule has 1 saturated heterocycles. The van der Waals surface area contributed by atoms with Crippen LogP contribution in [-0.4, -0.2) is 50.2 Å². The van der Waals surface area contributed by atoms with Crippen LogP contribution in [0.15, 0.2) is 42.5 Å². The fraction of sp³-hybridized carbons (Fsp3) is 0.621. The summed E-state index contributed by atoms with van der Waals surface area (Å²) in [5, 5.41) is 6.05. The molecule has 1 aliphatic heterocycles. The van der Waals surface area contributed by atoms with Gasteiger partial charge in [-0.3, -0.25) is 4.79 Å². The zero-order chi connectivity index (χ0) is 22.7. The molecule has 0 atom stereocenters. The van der Waals surface area contributed by atoms with Crippen molar-refractivity contribution in [1.82, 2.24) is 10.2 Å². The van der Waals surface area contributed by atoms with E-state index in [0.717, 1.165) is 70.1 Å². The van der Waals surface area contributed by atoms with Crippen molar-refractivity contribution >= 4 is 29.1 Å². The number of piperidine rings is 1. The smallest absolute Gasteiger partial charge is 0.227 e. The molecule has 0 bridgehead atoms. The summed E-state index contributed by atoms with van der Waals surface area (Å²) in [5.74, 6) is 1.78. The van der Waals surface area contributed by atoms with E-state index >= 15 is 0 Å². The molecule has 34 heavy (non-hydrogen) atoms. The molecular weight excluding hydrogens is 444 g/mol. The lowest BCUT2D eigenvalue weighted by Crippen LogP contribution is -2.41. The van der Waals surface area contributed by atoms with Gasteiger partial charge in [0.15, 0.2) is 0 Å². The Labute approximate surface area is 212 Å². The van der Waals surface area contributed by atoms with Crippen molar-refractivity contribution in [2.75, 3.05) is 39.4 Å². The van der Waals surface area contributed by atoms with Crippen LogP contribution in [-0.2, 0) is 16.0 Å². The predicted molar refractivity (Wildman–Crippen MR) is 144 cm³/mol. The number of benzene rings is 2. The first-order chi connectivity index (χ1) is 16.3. The second-order valence-electron chi connectivity index (χ2n) is 10.1. The van der Waals surface area contributed by atoms with E-state index < -0.39 is 0 Å². The van der Waals surface area contributed by atoms with Crippen molar-refractivity contribution in [2.24, 2.45) is 11.8 Å². The molecule has 0 unspecified atom stereocenters. The standard InChI is InChI=1S/C29H42N2O2.ClH/c32-29(21-27-13-8-12-26-11-4-5-14-28(26)27)31-18-15-24(16-19-31)22-30-17-6-7-20-33-23-25-9-2-1-3-10-25;/h4-5,8,11-14,24-25,30H,1-3,6-7,9-10,15-23H2;1H. The number of hydrogen-bond acceptors (Lipinski definition) is 3. The highest BCUT2D eigenvalue weighted by Gasteiger charge is 2.23. The number of amides is 1. The third kappa shape index (κ3) is 8.25. The van der Waals surface area contributed by atoms with Gasteiger partial charge in [0.05, 0.1) is 6.42 Å². The monoisotopic (exact) mass is 486 g/mol.